The van der Waals surface area contributed by atoms with Crippen molar-refractivity contribution >= 4 is 15.7 Å². The van der Waals surface area contributed by atoms with Gasteiger partial charge in [-0.25, -0.2) is 8.42 Å². The van der Waals surface area contributed by atoms with Gasteiger partial charge in [-0.3, -0.25) is 4.79 Å². The average Bonchev–Trinajstić information content (AvgIpc) is 2.82. The smallest absolute Gasteiger partial charge is 0.251 e. The summed E-state index contributed by atoms with van der Waals surface area (Å²) in [6.07, 6.45) is 14.1. The highest BCUT2D eigenvalue weighted by molar-refractivity contribution is 7.90. The number of sulfone groups is 1. The van der Waals surface area contributed by atoms with E-state index >= 15 is 0 Å². The monoisotopic (exact) mass is 486 g/mol. The van der Waals surface area contributed by atoms with Crippen LogP contribution in [0.4, 0.5) is 0 Å². The van der Waals surface area contributed by atoms with Gasteiger partial charge in [-0.15, -0.1) is 0 Å². The Morgan fingerprint density at radius 3 is 1.68 bits per heavy atom. The lowest BCUT2D eigenvalue weighted by molar-refractivity contribution is 0.0953. The Bertz CT molecular complexity index is 939. The fourth-order valence-corrected chi connectivity index (χ4v) is 4.53. The van der Waals surface area contributed by atoms with Crippen LogP contribution in [-0.2, 0) is 22.9 Å². The second kappa shape index (κ2) is 15.7. The van der Waals surface area contributed by atoms with Gasteiger partial charge in [0.2, 0.25) is 0 Å². The van der Waals surface area contributed by atoms with Crippen molar-refractivity contribution < 1.29 is 13.2 Å². The van der Waals surface area contributed by atoms with Gasteiger partial charge in [0.05, 0.1) is 4.90 Å². The molecule has 2 N–H and O–H groups in total. The van der Waals surface area contributed by atoms with Gasteiger partial charge in [-0.05, 0) is 41.8 Å². The molecule has 0 saturated carbocycles. The normalized spacial score (nSPS) is 11.5. The number of benzene rings is 2. The zero-order valence-corrected chi connectivity index (χ0v) is 21.8. The van der Waals surface area contributed by atoms with Crippen molar-refractivity contribution in [2.24, 2.45) is 0 Å². The predicted molar refractivity (Wildman–Crippen MR) is 141 cm³/mol. The van der Waals surface area contributed by atoms with Crippen LogP contribution in [0.1, 0.15) is 92.6 Å². The summed E-state index contributed by atoms with van der Waals surface area (Å²) >= 11 is 0. The molecule has 2 rings (SSSR count). The molecule has 0 heterocycles. The summed E-state index contributed by atoms with van der Waals surface area (Å²) in [5, 5.41) is 6.38. The third-order valence-corrected chi connectivity index (χ3v) is 7.17. The topological polar surface area (TPSA) is 75.3 Å². The predicted octanol–water partition coefficient (Wildman–Crippen LogP) is 6.03. The summed E-state index contributed by atoms with van der Waals surface area (Å²) in [6, 6.07) is 14.6. The molecule has 34 heavy (non-hydrogen) atoms. The van der Waals surface area contributed by atoms with Crippen molar-refractivity contribution in [3.8, 4) is 0 Å². The van der Waals surface area contributed by atoms with Crippen molar-refractivity contribution in [1.29, 1.82) is 0 Å². The van der Waals surface area contributed by atoms with E-state index in [4.69, 9.17) is 0 Å². The summed E-state index contributed by atoms with van der Waals surface area (Å²) in [6.45, 7) is 4.30. The number of nitrogens with one attached hydrogen (secondary N) is 2. The molecule has 0 fully saturated rings. The first kappa shape index (κ1) is 28.1. The average molecular weight is 487 g/mol. The molecular weight excluding hydrogens is 444 g/mol. The SMILES string of the molecule is CCCCCCCCCCCCNC(=O)c1ccc(CNCc2ccc(S(C)(=O)=O)cc2)cc1. The minimum absolute atomic E-state index is 0.0126. The van der Waals surface area contributed by atoms with Gasteiger partial charge in [-0.1, -0.05) is 89.0 Å². The second-order valence-corrected chi connectivity index (χ2v) is 11.2. The van der Waals surface area contributed by atoms with Gasteiger partial charge in [0, 0.05) is 31.5 Å². The van der Waals surface area contributed by atoms with E-state index < -0.39 is 9.84 Å². The van der Waals surface area contributed by atoms with Crippen LogP contribution in [-0.4, -0.2) is 27.1 Å². The molecule has 0 atom stereocenters. The van der Waals surface area contributed by atoms with Crippen molar-refractivity contribution in [2.45, 2.75) is 89.1 Å². The summed E-state index contributed by atoms with van der Waals surface area (Å²) in [5.74, 6) is -0.0126. The number of carbonyl (C=O) groups excluding carboxylic acids is 1. The Morgan fingerprint density at radius 1 is 0.706 bits per heavy atom. The van der Waals surface area contributed by atoms with Gasteiger partial charge in [0.25, 0.3) is 5.91 Å². The molecule has 188 valence electrons. The minimum Gasteiger partial charge on any atom is -0.352 e. The van der Waals surface area contributed by atoms with E-state index in [1.54, 1.807) is 12.1 Å². The first-order valence-corrected chi connectivity index (χ1v) is 14.7. The maximum Gasteiger partial charge on any atom is 0.251 e. The Kier molecular flexibility index (Phi) is 12.9. The van der Waals surface area contributed by atoms with Crippen molar-refractivity contribution in [2.75, 3.05) is 12.8 Å². The molecule has 0 radical (unpaired) electrons. The molecule has 0 bridgehead atoms. The van der Waals surface area contributed by atoms with Crippen molar-refractivity contribution in [3.05, 3.63) is 65.2 Å². The number of carbonyl (C=O) groups is 1. The molecule has 0 saturated heterocycles. The molecule has 2 aromatic rings. The highest BCUT2D eigenvalue weighted by Gasteiger charge is 2.07. The van der Waals surface area contributed by atoms with Crippen molar-refractivity contribution in [3.63, 3.8) is 0 Å². The van der Waals surface area contributed by atoms with Gasteiger partial charge >= 0.3 is 0 Å². The van der Waals surface area contributed by atoms with Crippen LogP contribution >= 0.6 is 0 Å². The zero-order valence-electron chi connectivity index (χ0n) is 20.9. The maximum absolute atomic E-state index is 12.3. The molecule has 6 heteroatoms. The highest BCUT2D eigenvalue weighted by atomic mass is 32.2. The molecular formula is C28H42N2O3S. The lowest BCUT2D eigenvalue weighted by Gasteiger charge is -2.08. The van der Waals surface area contributed by atoms with Gasteiger partial charge < -0.3 is 10.6 Å². The summed E-state index contributed by atoms with van der Waals surface area (Å²) < 4.78 is 23.1. The molecule has 0 spiro atoms. The Labute approximate surface area is 206 Å². The fourth-order valence-electron chi connectivity index (χ4n) is 3.90. The lowest BCUT2D eigenvalue weighted by Crippen LogP contribution is -2.24. The highest BCUT2D eigenvalue weighted by Crippen LogP contribution is 2.12. The van der Waals surface area contributed by atoms with Crippen molar-refractivity contribution in [1.82, 2.24) is 10.6 Å². The Hall–Kier alpha value is -2.18. The van der Waals surface area contributed by atoms with E-state index in [1.165, 1.54) is 64.0 Å². The molecule has 5 nitrogen and oxygen atoms in total. The first-order chi connectivity index (χ1) is 16.4. The third-order valence-electron chi connectivity index (χ3n) is 6.04. The molecule has 1 amide bonds. The molecule has 0 aliphatic carbocycles. The van der Waals surface area contributed by atoms with E-state index in [0.717, 1.165) is 24.1 Å². The zero-order chi connectivity index (χ0) is 24.7. The van der Waals surface area contributed by atoms with Gasteiger partial charge in [0.15, 0.2) is 9.84 Å². The number of rotatable bonds is 17. The molecule has 2 aromatic carbocycles. The number of amides is 1. The second-order valence-electron chi connectivity index (χ2n) is 9.15. The summed E-state index contributed by atoms with van der Waals surface area (Å²) in [5.41, 5.74) is 2.81. The van der Waals surface area contributed by atoms with Crippen LogP contribution in [0.25, 0.3) is 0 Å². The van der Waals surface area contributed by atoms with E-state index in [-0.39, 0.29) is 5.91 Å². The fraction of sp³-hybridized carbons (Fsp3) is 0.536. The van der Waals surface area contributed by atoms with E-state index in [9.17, 15) is 13.2 Å². The summed E-state index contributed by atoms with van der Waals surface area (Å²) in [7, 11) is -3.16. The number of hydrogen-bond donors (Lipinski definition) is 2. The van der Waals surface area contributed by atoms with E-state index in [1.807, 2.05) is 36.4 Å². The van der Waals surface area contributed by atoms with Crippen LogP contribution in [0.15, 0.2) is 53.4 Å². The number of unbranched alkanes of at least 4 members (excludes halogenated alkanes) is 9. The molecule has 0 unspecified atom stereocenters. The minimum atomic E-state index is -3.16. The maximum atomic E-state index is 12.3. The Balaban J connectivity index is 1.57. The standard InChI is InChI=1S/C28H42N2O3S/c1-3-4-5-6-7-8-9-10-11-12-21-30-28(31)26-17-13-24(14-18-26)22-29-23-25-15-19-27(20-16-25)34(2,32)33/h13-20,29H,3-12,21-23H2,1-2H3,(H,30,31). The third kappa shape index (κ3) is 11.3. The van der Waals surface area contributed by atoms with Crippen LogP contribution < -0.4 is 10.6 Å². The molecule has 0 aliphatic heterocycles. The number of hydrogen-bond acceptors (Lipinski definition) is 4. The van der Waals surface area contributed by atoms with Crippen LogP contribution in [0.5, 0.6) is 0 Å². The van der Waals surface area contributed by atoms with Crippen LogP contribution in [0.2, 0.25) is 0 Å². The van der Waals surface area contributed by atoms with Crippen LogP contribution in [0.3, 0.4) is 0 Å². The Morgan fingerprint density at radius 2 is 1.18 bits per heavy atom. The summed E-state index contributed by atoms with van der Waals surface area (Å²) in [4.78, 5) is 12.7. The van der Waals surface area contributed by atoms with Crippen LogP contribution in [0, 0.1) is 0 Å². The largest absolute Gasteiger partial charge is 0.352 e. The molecule has 0 aromatic heterocycles. The van der Waals surface area contributed by atoms with Gasteiger partial charge in [0.1, 0.15) is 0 Å². The molecule has 0 aliphatic rings. The lowest BCUT2D eigenvalue weighted by atomic mass is 10.1. The first-order valence-electron chi connectivity index (χ1n) is 12.8. The van der Waals surface area contributed by atoms with E-state index in [2.05, 4.69) is 17.6 Å². The van der Waals surface area contributed by atoms with E-state index in [0.29, 0.717) is 23.5 Å². The van der Waals surface area contributed by atoms with Gasteiger partial charge in [-0.2, -0.15) is 0 Å². The quantitative estimate of drug-likeness (QED) is 0.268.